The van der Waals surface area contributed by atoms with Crippen LogP contribution >= 0.6 is 11.6 Å². The van der Waals surface area contributed by atoms with Gasteiger partial charge in [-0.25, -0.2) is 4.39 Å². The molecule has 0 aliphatic heterocycles. The maximum atomic E-state index is 13.9. The van der Waals surface area contributed by atoms with Gasteiger partial charge in [-0.15, -0.1) is 0 Å². The molecule has 0 aliphatic carbocycles. The third-order valence-electron chi connectivity index (χ3n) is 2.72. The maximum Gasteiger partial charge on any atom is 0.163 e. The number of aliphatic hydroxyl groups is 1. The highest BCUT2D eigenvalue weighted by atomic mass is 35.5. The first-order valence-electron chi connectivity index (χ1n) is 5.91. The summed E-state index contributed by atoms with van der Waals surface area (Å²) in [7, 11) is 0. The Bertz CT molecular complexity index is 450. The number of ketones is 1. The second-order valence-corrected chi connectivity index (χ2v) is 5.73. The van der Waals surface area contributed by atoms with Crippen LogP contribution in [0.3, 0.4) is 0 Å². The molecule has 0 fully saturated rings. The third kappa shape index (κ3) is 3.53. The van der Waals surface area contributed by atoms with Crippen molar-refractivity contribution in [2.75, 3.05) is 6.61 Å². The predicted octanol–water partition coefficient (Wildman–Crippen LogP) is 3.73. The summed E-state index contributed by atoms with van der Waals surface area (Å²) in [5, 5.41) is 8.67. The van der Waals surface area contributed by atoms with Gasteiger partial charge >= 0.3 is 0 Å². The molecule has 0 heterocycles. The molecular formula is C14H18ClFO2. The lowest BCUT2D eigenvalue weighted by molar-refractivity contribution is 0.0971. The molecule has 2 nitrogen and oxygen atoms in total. The topological polar surface area (TPSA) is 37.3 Å². The fourth-order valence-electron chi connectivity index (χ4n) is 1.68. The van der Waals surface area contributed by atoms with E-state index in [1.165, 1.54) is 6.07 Å². The first kappa shape index (κ1) is 15.1. The highest BCUT2D eigenvalue weighted by Gasteiger charge is 2.22. The van der Waals surface area contributed by atoms with Gasteiger partial charge in [0.15, 0.2) is 5.78 Å². The Morgan fingerprint density at radius 2 is 2.00 bits per heavy atom. The zero-order valence-electron chi connectivity index (χ0n) is 10.9. The van der Waals surface area contributed by atoms with Crippen molar-refractivity contribution in [1.29, 1.82) is 0 Å². The lowest BCUT2D eigenvalue weighted by Gasteiger charge is -2.21. The number of benzene rings is 1. The Hall–Kier alpha value is -0.930. The molecule has 0 saturated heterocycles. The second-order valence-electron chi connectivity index (χ2n) is 5.32. The van der Waals surface area contributed by atoms with E-state index in [0.29, 0.717) is 17.5 Å². The highest BCUT2D eigenvalue weighted by molar-refractivity contribution is 6.31. The molecule has 18 heavy (non-hydrogen) atoms. The summed E-state index contributed by atoms with van der Waals surface area (Å²) in [6, 6.07) is 2.91. The Balaban J connectivity index is 3.17. The largest absolute Gasteiger partial charge is 0.396 e. The molecule has 0 amide bonds. The molecule has 0 unspecified atom stereocenters. The molecule has 0 bridgehead atoms. The van der Waals surface area contributed by atoms with Crippen LogP contribution in [0.1, 0.15) is 49.5 Å². The van der Waals surface area contributed by atoms with Gasteiger partial charge in [0.25, 0.3) is 0 Å². The van der Waals surface area contributed by atoms with Crippen LogP contribution < -0.4 is 0 Å². The number of Topliss-reactive ketones (excluding diaryl/α,β-unsaturated/α-hetero) is 1. The van der Waals surface area contributed by atoms with Gasteiger partial charge in [0, 0.05) is 18.6 Å². The second kappa shape index (κ2) is 5.81. The van der Waals surface area contributed by atoms with Gasteiger partial charge in [0.05, 0.1) is 5.02 Å². The minimum absolute atomic E-state index is 0.0326. The van der Waals surface area contributed by atoms with Crippen LogP contribution in [0.5, 0.6) is 0 Å². The number of carbonyl (C=O) groups is 1. The molecule has 0 aliphatic rings. The van der Waals surface area contributed by atoms with Crippen molar-refractivity contribution >= 4 is 17.4 Å². The molecule has 0 spiro atoms. The monoisotopic (exact) mass is 272 g/mol. The molecule has 4 heteroatoms. The first-order valence-corrected chi connectivity index (χ1v) is 6.28. The molecule has 1 rings (SSSR count). The number of halogens is 2. The van der Waals surface area contributed by atoms with Gasteiger partial charge in [-0.1, -0.05) is 32.4 Å². The fourth-order valence-corrected chi connectivity index (χ4v) is 1.90. The standard InChI is InChI=1S/C14H18ClFO2/c1-14(2,3)10-7-9(8-11(15)13(10)16)12(18)5-4-6-17/h7-8,17H,4-6H2,1-3H3. The SMILES string of the molecule is CC(C)(C)c1cc(C(=O)CCCO)cc(Cl)c1F. The van der Waals surface area contributed by atoms with Crippen molar-refractivity contribution in [1.82, 2.24) is 0 Å². The Morgan fingerprint density at radius 3 is 2.50 bits per heavy atom. The number of hydrogen-bond donors (Lipinski definition) is 1. The zero-order chi connectivity index (χ0) is 13.9. The molecular weight excluding hydrogens is 255 g/mol. The zero-order valence-corrected chi connectivity index (χ0v) is 11.6. The van der Waals surface area contributed by atoms with Crippen LogP contribution in [-0.2, 0) is 5.41 Å². The quantitative estimate of drug-likeness (QED) is 0.848. The van der Waals surface area contributed by atoms with Crippen LogP contribution in [0, 0.1) is 5.82 Å². The summed E-state index contributed by atoms with van der Waals surface area (Å²) in [4.78, 5) is 11.9. The molecule has 0 radical (unpaired) electrons. The van der Waals surface area contributed by atoms with Crippen molar-refractivity contribution in [3.63, 3.8) is 0 Å². The van der Waals surface area contributed by atoms with Crippen LogP contribution in [0.25, 0.3) is 0 Å². The van der Waals surface area contributed by atoms with Gasteiger partial charge in [-0.05, 0) is 29.5 Å². The first-order chi connectivity index (χ1) is 8.27. The Kier molecular flexibility index (Phi) is 4.88. The lowest BCUT2D eigenvalue weighted by atomic mass is 9.85. The molecule has 0 aromatic heterocycles. The average molecular weight is 273 g/mol. The summed E-state index contributed by atoms with van der Waals surface area (Å²) in [6.07, 6.45) is 0.640. The van der Waals surface area contributed by atoms with Gasteiger partial charge in [-0.2, -0.15) is 0 Å². The van der Waals surface area contributed by atoms with Crippen molar-refractivity contribution in [2.45, 2.75) is 39.0 Å². The van der Waals surface area contributed by atoms with E-state index >= 15 is 0 Å². The highest BCUT2D eigenvalue weighted by Crippen LogP contribution is 2.31. The number of rotatable bonds is 4. The van der Waals surface area contributed by atoms with Crippen LogP contribution in [-0.4, -0.2) is 17.5 Å². The average Bonchev–Trinajstić information content (AvgIpc) is 2.27. The molecule has 1 aromatic rings. The lowest BCUT2D eigenvalue weighted by Crippen LogP contribution is -2.15. The van der Waals surface area contributed by atoms with Crippen molar-refractivity contribution < 1.29 is 14.3 Å². The summed E-state index contributed by atoms with van der Waals surface area (Å²) in [6.45, 7) is 5.56. The van der Waals surface area contributed by atoms with Crippen molar-refractivity contribution in [3.8, 4) is 0 Å². The van der Waals surface area contributed by atoms with E-state index in [1.54, 1.807) is 6.07 Å². The van der Waals surface area contributed by atoms with E-state index < -0.39 is 11.2 Å². The van der Waals surface area contributed by atoms with Gasteiger partial charge in [-0.3, -0.25) is 4.79 Å². The van der Waals surface area contributed by atoms with Crippen LogP contribution in [0.2, 0.25) is 5.02 Å². The van der Waals surface area contributed by atoms with Gasteiger partial charge in [0.1, 0.15) is 5.82 Å². The molecule has 1 aromatic carbocycles. The van der Waals surface area contributed by atoms with E-state index in [-0.39, 0.29) is 23.8 Å². The third-order valence-corrected chi connectivity index (χ3v) is 3.00. The van der Waals surface area contributed by atoms with E-state index in [4.69, 9.17) is 16.7 Å². The number of carbonyl (C=O) groups excluding carboxylic acids is 1. The van der Waals surface area contributed by atoms with E-state index in [9.17, 15) is 9.18 Å². The summed E-state index contributed by atoms with van der Waals surface area (Å²) < 4.78 is 13.9. The molecule has 0 atom stereocenters. The smallest absolute Gasteiger partial charge is 0.163 e. The van der Waals surface area contributed by atoms with Crippen molar-refractivity contribution in [2.24, 2.45) is 0 Å². The number of aliphatic hydroxyl groups excluding tert-OH is 1. The predicted molar refractivity (Wildman–Crippen MR) is 70.8 cm³/mol. The minimum atomic E-state index is -0.470. The molecule has 1 N–H and O–H groups in total. The Morgan fingerprint density at radius 1 is 1.39 bits per heavy atom. The van der Waals surface area contributed by atoms with E-state index in [1.807, 2.05) is 20.8 Å². The Labute approximate surface area is 112 Å². The fraction of sp³-hybridized carbons (Fsp3) is 0.500. The van der Waals surface area contributed by atoms with Gasteiger partial charge < -0.3 is 5.11 Å². The summed E-state index contributed by atoms with van der Waals surface area (Å²) in [5.74, 6) is -0.598. The van der Waals surface area contributed by atoms with E-state index in [2.05, 4.69) is 0 Å². The van der Waals surface area contributed by atoms with Crippen LogP contribution in [0.15, 0.2) is 12.1 Å². The van der Waals surface area contributed by atoms with Crippen molar-refractivity contribution in [3.05, 3.63) is 34.1 Å². The summed E-state index contributed by atoms with van der Waals surface area (Å²) >= 11 is 5.83. The van der Waals surface area contributed by atoms with E-state index in [0.717, 1.165) is 0 Å². The maximum absolute atomic E-state index is 13.9. The normalized spacial score (nSPS) is 11.7. The molecule has 0 saturated carbocycles. The van der Waals surface area contributed by atoms with Gasteiger partial charge in [0.2, 0.25) is 0 Å². The molecule has 100 valence electrons. The minimum Gasteiger partial charge on any atom is -0.396 e. The van der Waals surface area contributed by atoms with Crippen LogP contribution in [0.4, 0.5) is 4.39 Å². The summed E-state index contributed by atoms with van der Waals surface area (Å²) in [5.41, 5.74) is 0.420. The number of hydrogen-bond acceptors (Lipinski definition) is 2.